The van der Waals surface area contributed by atoms with Crippen LogP contribution in [0.5, 0.6) is 0 Å². The van der Waals surface area contributed by atoms with Crippen LogP contribution in [-0.4, -0.2) is 37.4 Å². The highest BCUT2D eigenvalue weighted by Gasteiger charge is 2.19. The zero-order valence-electron chi connectivity index (χ0n) is 25.8. The van der Waals surface area contributed by atoms with E-state index in [9.17, 15) is 24.3 Å². The van der Waals surface area contributed by atoms with Crippen LogP contribution >= 0.6 is 11.3 Å². The van der Waals surface area contributed by atoms with Gasteiger partial charge in [-0.05, 0) is 59.9 Å². The summed E-state index contributed by atoms with van der Waals surface area (Å²) in [5.41, 5.74) is 9.90. The number of hydrogen-bond donors (Lipinski definition) is 4. The molecule has 3 aromatic carbocycles. The Morgan fingerprint density at radius 1 is 0.935 bits per heavy atom. The first-order valence-electron chi connectivity index (χ1n) is 14.2. The molecule has 2 heterocycles. The monoisotopic (exact) mass is 636 g/mol. The number of anilines is 3. The Bertz CT molecular complexity index is 2060. The van der Waals surface area contributed by atoms with Gasteiger partial charge in [0.2, 0.25) is 5.91 Å². The summed E-state index contributed by atoms with van der Waals surface area (Å²) in [5, 5.41) is 17.1. The van der Waals surface area contributed by atoms with Crippen molar-refractivity contribution < 1.29 is 19.5 Å². The summed E-state index contributed by atoms with van der Waals surface area (Å²) in [6, 6.07) is 17.5. The van der Waals surface area contributed by atoms with Crippen molar-refractivity contribution in [2.75, 3.05) is 10.6 Å². The number of aromatic nitrogens is 3. The van der Waals surface area contributed by atoms with Gasteiger partial charge in [-0.15, -0.1) is 11.3 Å². The van der Waals surface area contributed by atoms with Gasteiger partial charge in [-0.1, -0.05) is 45.0 Å². The van der Waals surface area contributed by atoms with Gasteiger partial charge < -0.3 is 26.0 Å². The Balaban J connectivity index is 1.50. The number of rotatable bonds is 8. The number of amides is 2. The number of carbonyl (C=O) groups excluding carboxylic acids is 2. The number of nitrogens with two attached hydrogens (primary N) is 1. The molecule has 0 radical (unpaired) electrons. The number of nitrogens with one attached hydrogen (secondary N) is 2. The number of carbonyl (C=O) groups is 3. The molecule has 5 aromatic rings. The molecule has 0 atom stereocenters. The van der Waals surface area contributed by atoms with E-state index in [1.54, 1.807) is 43.6 Å². The van der Waals surface area contributed by atoms with Crippen molar-refractivity contribution in [3.63, 3.8) is 0 Å². The van der Waals surface area contributed by atoms with Crippen LogP contribution in [0.2, 0.25) is 0 Å². The van der Waals surface area contributed by atoms with Crippen LogP contribution in [0.25, 0.3) is 21.8 Å². The number of hydrogen-bond acceptors (Lipinski definition) is 8. The van der Waals surface area contributed by atoms with Gasteiger partial charge in [0.1, 0.15) is 5.01 Å². The fourth-order valence-electron chi connectivity index (χ4n) is 4.79. The molecule has 0 saturated heterocycles. The number of thiazole rings is 1. The van der Waals surface area contributed by atoms with Gasteiger partial charge in [0, 0.05) is 46.6 Å². The highest BCUT2D eigenvalue weighted by atomic mass is 32.1. The molecule has 0 unspecified atom stereocenters. The number of carboxylic acids is 1. The number of carboxylic acid groups (broad SMARTS) is 1. The molecule has 234 valence electrons. The third kappa shape index (κ3) is 6.57. The normalized spacial score (nSPS) is 11.2. The van der Waals surface area contributed by atoms with E-state index in [1.807, 2.05) is 25.1 Å². The van der Waals surface area contributed by atoms with Crippen LogP contribution in [0.15, 0.2) is 77.0 Å². The van der Waals surface area contributed by atoms with Gasteiger partial charge in [-0.3, -0.25) is 14.4 Å². The first-order chi connectivity index (χ1) is 21.7. The third-order valence-corrected chi connectivity index (χ3v) is 8.33. The van der Waals surface area contributed by atoms with Crippen LogP contribution in [0.4, 0.5) is 17.2 Å². The van der Waals surface area contributed by atoms with E-state index in [2.05, 4.69) is 41.4 Å². The molecule has 11 nitrogen and oxygen atoms in total. The van der Waals surface area contributed by atoms with Gasteiger partial charge in [-0.2, -0.15) is 0 Å². The molecular formula is C34H32N6O5S. The zero-order valence-corrected chi connectivity index (χ0v) is 26.7. The molecule has 46 heavy (non-hydrogen) atoms. The van der Waals surface area contributed by atoms with Crippen molar-refractivity contribution in [2.45, 2.75) is 33.1 Å². The SMILES string of the molecule is Cc1c(NC(=O)c2ccc(C(C)(C)C)cc2)cccc1-c1cn(C)c(=O)c(Nc2cc(C(N)=O)ccc2-c2nc(C(=O)O)cs2)n1. The largest absolute Gasteiger partial charge is 0.476 e. The Morgan fingerprint density at radius 3 is 2.26 bits per heavy atom. The zero-order chi connectivity index (χ0) is 33.3. The summed E-state index contributed by atoms with van der Waals surface area (Å²) in [4.78, 5) is 58.6. The standard InChI is InChI=1S/C34H32N6O5S/c1-18-22(7-6-8-24(18)38-30(42)19-9-12-21(13-10-19)34(2,3)4)26-16-40(5)32(43)29(37-26)36-25-15-20(28(35)41)11-14-23(25)31-39-27(17-46-31)33(44)45/h6-17H,1-5H3,(H2,35,41)(H,36,37)(H,38,42)(H,44,45). The number of nitrogens with zero attached hydrogens (tertiary/aromatic N) is 3. The molecule has 0 fully saturated rings. The molecule has 5 N–H and O–H groups in total. The van der Waals surface area contributed by atoms with Gasteiger partial charge in [0.25, 0.3) is 11.5 Å². The predicted octanol–water partition coefficient (Wildman–Crippen LogP) is 5.97. The van der Waals surface area contributed by atoms with Crippen LogP contribution in [0, 0.1) is 6.92 Å². The fourth-order valence-corrected chi connectivity index (χ4v) is 5.63. The van der Waals surface area contributed by atoms with Crippen molar-refractivity contribution >= 4 is 46.3 Å². The Morgan fingerprint density at radius 2 is 1.63 bits per heavy atom. The van der Waals surface area contributed by atoms with Crippen LogP contribution in [-0.2, 0) is 12.5 Å². The first kappa shape index (κ1) is 31.8. The van der Waals surface area contributed by atoms with E-state index in [4.69, 9.17) is 5.73 Å². The molecule has 0 aliphatic rings. The summed E-state index contributed by atoms with van der Waals surface area (Å²) in [6.45, 7) is 8.19. The van der Waals surface area contributed by atoms with Crippen molar-refractivity contribution in [1.29, 1.82) is 0 Å². The minimum absolute atomic E-state index is 0.0344. The van der Waals surface area contributed by atoms with E-state index in [-0.39, 0.29) is 28.4 Å². The Kier molecular flexibility index (Phi) is 8.57. The molecule has 2 aromatic heterocycles. The molecule has 5 rings (SSSR count). The Labute approximate surface area is 268 Å². The number of benzene rings is 3. The second kappa shape index (κ2) is 12.4. The fraction of sp³-hybridized carbons (Fsp3) is 0.176. The number of aryl methyl sites for hydroxylation is 1. The van der Waals surface area contributed by atoms with Gasteiger partial charge >= 0.3 is 5.97 Å². The van der Waals surface area contributed by atoms with Gasteiger partial charge in [-0.25, -0.2) is 14.8 Å². The molecule has 0 spiro atoms. The van der Waals surface area contributed by atoms with Gasteiger partial charge in [0.05, 0.1) is 11.4 Å². The summed E-state index contributed by atoms with van der Waals surface area (Å²) in [7, 11) is 1.58. The molecular weight excluding hydrogens is 604 g/mol. The molecule has 12 heteroatoms. The lowest BCUT2D eigenvalue weighted by atomic mass is 9.86. The summed E-state index contributed by atoms with van der Waals surface area (Å²) in [5.74, 6) is -2.17. The summed E-state index contributed by atoms with van der Waals surface area (Å²) in [6.07, 6.45) is 1.59. The van der Waals surface area contributed by atoms with E-state index in [1.165, 1.54) is 22.1 Å². The molecule has 0 bridgehead atoms. The third-order valence-electron chi connectivity index (χ3n) is 7.45. The first-order valence-corrected chi connectivity index (χ1v) is 15.1. The highest BCUT2D eigenvalue weighted by Crippen LogP contribution is 2.34. The van der Waals surface area contributed by atoms with E-state index in [0.717, 1.165) is 22.5 Å². The lowest BCUT2D eigenvalue weighted by Crippen LogP contribution is -2.22. The van der Waals surface area contributed by atoms with Gasteiger partial charge in [0.15, 0.2) is 11.5 Å². The van der Waals surface area contributed by atoms with E-state index < -0.39 is 17.4 Å². The van der Waals surface area contributed by atoms with Crippen LogP contribution in [0.1, 0.15) is 63.1 Å². The van der Waals surface area contributed by atoms with Crippen LogP contribution in [0.3, 0.4) is 0 Å². The quantitative estimate of drug-likeness (QED) is 0.161. The lowest BCUT2D eigenvalue weighted by Gasteiger charge is -2.19. The smallest absolute Gasteiger partial charge is 0.355 e. The number of primary amides is 1. The van der Waals surface area contributed by atoms with Crippen molar-refractivity contribution in [1.82, 2.24) is 14.5 Å². The average molecular weight is 637 g/mol. The summed E-state index contributed by atoms with van der Waals surface area (Å²) < 4.78 is 1.37. The molecule has 0 aliphatic carbocycles. The molecule has 0 aliphatic heterocycles. The van der Waals surface area contributed by atoms with Crippen molar-refractivity contribution in [2.24, 2.45) is 12.8 Å². The number of aromatic carboxylic acids is 1. The topological polar surface area (TPSA) is 169 Å². The molecule has 2 amide bonds. The maximum Gasteiger partial charge on any atom is 0.355 e. The highest BCUT2D eigenvalue weighted by molar-refractivity contribution is 7.13. The summed E-state index contributed by atoms with van der Waals surface area (Å²) >= 11 is 1.10. The molecule has 0 saturated carbocycles. The van der Waals surface area contributed by atoms with E-state index in [0.29, 0.717) is 38.8 Å². The van der Waals surface area contributed by atoms with E-state index >= 15 is 0 Å². The maximum atomic E-state index is 13.3. The minimum atomic E-state index is -1.18. The maximum absolute atomic E-state index is 13.3. The average Bonchev–Trinajstić information content (AvgIpc) is 3.50. The van der Waals surface area contributed by atoms with Crippen molar-refractivity contribution in [3.8, 4) is 21.8 Å². The Hall–Kier alpha value is -5.62. The minimum Gasteiger partial charge on any atom is -0.476 e. The predicted molar refractivity (Wildman–Crippen MR) is 179 cm³/mol. The lowest BCUT2D eigenvalue weighted by molar-refractivity contribution is 0.0691. The second-order valence-electron chi connectivity index (χ2n) is 11.7. The second-order valence-corrected chi connectivity index (χ2v) is 12.6. The van der Waals surface area contributed by atoms with Crippen molar-refractivity contribution in [3.05, 3.63) is 111 Å². The van der Waals surface area contributed by atoms with Crippen LogP contribution < -0.4 is 21.9 Å².